The topological polar surface area (TPSA) is 189 Å². The molecule has 4 N–H and O–H groups in total. The largest absolute Gasteiger partial charge is 0.418 e. The summed E-state index contributed by atoms with van der Waals surface area (Å²) < 4.78 is 64.2. The second-order valence-corrected chi connectivity index (χ2v) is 10.1. The minimum Gasteiger partial charge on any atom is -0.385 e. The molecule has 0 aromatic heterocycles. The number of sulfonamides is 1. The van der Waals surface area contributed by atoms with Gasteiger partial charge in [-0.25, -0.2) is 13.2 Å². The maximum Gasteiger partial charge on any atom is 0.418 e. The standard InChI is InChI=1S/C14H23N5O8S2/c1-8(20)16-10-3-2-4-12(10)28(22,23)17-13(15)11-6-5-9-7-18(11)14(21)19(9)27-29(24,25)26/h9-12H,2-7H2,1H3,(H2,15,17)(H,16,20)(H,24,25,26). The van der Waals surface area contributed by atoms with Crippen LogP contribution in [0.4, 0.5) is 4.79 Å². The molecular formula is C14H23N5O8S2. The molecule has 3 fully saturated rings. The van der Waals surface area contributed by atoms with E-state index in [9.17, 15) is 26.4 Å². The van der Waals surface area contributed by atoms with Gasteiger partial charge in [0.1, 0.15) is 11.1 Å². The van der Waals surface area contributed by atoms with Gasteiger partial charge >= 0.3 is 16.4 Å². The van der Waals surface area contributed by atoms with Crippen LogP contribution in [0.3, 0.4) is 0 Å². The lowest BCUT2D eigenvalue weighted by Crippen LogP contribution is -2.49. The summed E-state index contributed by atoms with van der Waals surface area (Å²) in [5, 5.41) is 2.25. The molecule has 3 aliphatic rings. The minimum absolute atomic E-state index is 0.0488. The number of rotatable bonds is 6. The molecule has 3 rings (SSSR count). The van der Waals surface area contributed by atoms with Gasteiger partial charge in [0.05, 0.1) is 12.1 Å². The van der Waals surface area contributed by atoms with Crippen LogP contribution in [0.2, 0.25) is 0 Å². The van der Waals surface area contributed by atoms with Crippen molar-refractivity contribution in [3.63, 3.8) is 0 Å². The van der Waals surface area contributed by atoms with Crippen molar-refractivity contribution in [2.24, 2.45) is 10.1 Å². The van der Waals surface area contributed by atoms with Crippen molar-refractivity contribution in [2.45, 2.75) is 62.4 Å². The highest BCUT2D eigenvalue weighted by Crippen LogP contribution is 2.32. The number of piperidine rings is 1. The van der Waals surface area contributed by atoms with E-state index in [-0.39, 0.29) is 31.1 Å². The van der Waals surface area contributed by atoms with E-state index in [1.54, 1.807) is 0 Å². The van der Waals surface area contributed by atoms with Gasteiger partial charge < -0.3 is 16.0 Å². The molecule has 2 bridgehead atoms. The van der Waals surface area contributed by atoms with Crippen LogP contribution in [0.15, 0.2) is 4.40 Å². The van der Waals surface area contributed by atoms with Crippen molar-refractivity contribution in [2.75, 3.05) is 6.54 Å². The van der Waals surface area contributed by atoms with Crippen molar-refractivity contribution in [3.05, 3.63) is 0 Å². The van der Waals surface area contributed by atoms with Gasteiger partial charge in [-0.3, -0.25) is 9.35 Å². The number of nitrogens with two attached hydrogens (primary N) is 1. The van der Waals surface area contributed by atoms with Crippen LogP contribution in [-0.2, 0) is 29.5 Å². The third-order valence-electron chi connectivity index (χ3n) is 5.30. The van der Waals surface area contributed by atoms with Gasteiger partial charge in [-0.15, -0.1) is 8.68 Å². The number of carbonyl (C=O) groups excluding carboxylic acids is 2. The molecule has 164 valence electrons. The Morgan fingerprint density at radius 3 is 2.55 bits per heavy atom. The fourth-order valence-electron chi connectivity index (χ4n) is 4.12. The van der Waals surface area contributed by atoms with Crippen LogP contribution < -0.4 is 11.1 Å². The molecule has 3 amide bonds. The number of carbonyl (C=O) groups is 2. The van der Waals surface area contributed by atoms with E-state index in [0.29, 0.717) is 24.3 Å². The Kier molecular flexibility index (Phi) is 5.77. The Hall–Kier alpha value is -1.97. The summed E-state index contributed by atoms with van der Waals surface area (Å²) in [4.78, 5) is 24.9. The average molecular weight is 453 g/mol. The summed E-state index contributed by atoms with van der Waals surface area (Å²) in [6.07, 6.45) is 1.97. The number of nitrogens with zero attached hydrogens (tertiary/aromatic N) is 3. The van der Waals surface area contributed by atoms with Gasteiger partial charge in [0.25, 0.3) is 10.0 Å². The molecule has 15 heteroatoms. The Morgan fingerprint density at radius 1 is 1.24 bits per heavy atom. The first-order valence-electron chi connectivity index (χ1n) is 9.02. The number of nitrogens with one attached hydrogen (secondary N) is 1. The lowest BCUT2D eigenvalue weighted by Gasteiger charge is -2.29. The predicted molar refractivity (Wildman–Crippen MR) is 99.2 cm³/mol. The molecule has 13 nitrogen and oxygen atoms in total. The van der Waals surface area contributed by atoms with E-state index in [1.807, 2.05) is 0 Å². The van der Waals surface area contributed by atoms with E-state index in [1.165, 1.54) is 6.92 Å². The molecule has 0 aromatic rings. The third kappa shape index (κ3) is 4.62. The van der Waals surface area contributed by atoms with Gasteiger partial charge in [-0.1, -0.05) is 0 Å². The zero-order valence-corrected chi connectivity index (χ0v) is 17.2. The molecule has 2 heterocycles. The molecule has 4 atom stereocenters. The van der Waals surface area contributed by atoms with Crippen molar-refractivity contribution in [1.29, 1.82) is 0 Å². The fourth-order valence-corrected chi connectivity index (χ4v) is 6.15. The summed E-state index contributed by atoms with van der Waals surface area (Å²) in [5.74, 6) is -0.632. The van der Waals surface area contributed by atoms with Crippen LogP contribution in [0.1, 0.15) is 39.0 Å². The van der Waals surface area contributed by atoms with Crippen molar-refractivity contribution in [3.8, 4) is 0 Å². The number of hydroxylamine groups is 2. The number of amides is 3. The first-order chi connectivity index (χ1) is 13.4. The quantitative estimate of drug-likeness (QED) is 0.250. The van der Waals surface area contributed by atoms with Gasteiger partial charge in [0.15, 0.2) is 0 Å². The molecule has 2 saturated heterocycles. The maximum absolute atomic E-state index is 12.7. The van der Waals surface area contributed by atoms with Gasteiger partial charge in [0, 0.05) is 19.5 Å². The Bertz CT molecular complexity index is 934. The van der Waals surface area contributed by atoms with Crippen LogP contribution >= 0.6 is 0 Å². The molecule has 0 aromatic carbocycles. The molecule has 2 aliphatic heterocycles. The first kappa shape index (κ1) is 21.7. The summed E-state index contributed by atoms with van der Waals surface area (Å²) in [6, 6.07) is -2.90. The van der Waals surface area contributed by atoms with Crippen molar-refractivity contribution in [1.82, 2.24) is 15.3 Å². The summed E-state index contributed by atoms with van der Waals surface area (Å²) in [7, 11) is -8.94. The Labute approximate surface area is 168 Å². The molecule has 1 aliphatic carbocycles. The number of fused-ring (bicyclic) bond motifs is 2. The van der Waals surface area contributed by atoms with Crippen LogP contribution in [0.5, 0.6) is 0 Å². The van der Waals surface area contributed by atoms with E-state index >= 15 is 0 Å². The Balaban J connectivity index is 1.78. The zero-order valence-electron chi connectivity index (χ0n) is 15.6. The van der Waals surface area contributed by atoms with Gasteiger partial charge in [-0.2, -0.15) is 13.5 Å². The average Bonchev–Trinajstić information content (AvgIpc) is 3.13. The summed E-state index contributed by atoms with van der Waals surface area (Å²) in [6.45, 7) is 1.35. The van der Waals surface area contributed by atoms with E-state index in [0.717, 1.165) is 4.90 Å². The lowest BCUT2D eigenvalue weighted by molar-refractivity contribution is -0.119. The molecule has 0 radical (unpaired) electrons. The molecular weight excluding hydrogens is 430 g/mol. The highest BCUT2D eigenvalue weighted by molar-refractivity contribution is 7.91. The van der Waals surface area contributed by atoms with Crippen molar-refractivity contribution >= 4 is 38.2 Å². The van der Waals surface area contributed by atoms with E-state index in [2.05, 4.69) is 14.0 Å². The Morgan fingerprint density at radius 2 is 1.93 bits per heavy atom. The summed E-state index contributed by atoms with van der Waals surface area (Å²) >= 11 is 0. The third-order valence-corrected chi connectivity index (χ3v) is 7.44. The zero-order chi connectivity index (χ0) is 21.6. The van der Waals surface area contributed by atoms with E-state index in [4.69, 9.17) is 10.3 Å². The monoisotopic (exact) mass is 453 g/mol. The number of amidine groups is 1. The predicted octanol–water partition coefficient (Wildman–Crippen LogP) is -1.27. The first-order valence-corrected chi connectivity index (χ1v) is 11.9. The van der Waals surface area contributed by atoms with Crippen LogP contribution in [0.25, 0.3) is 0 Å². The van der Waals surface area contributed by atoms with Crippen LogP contribution in [-0.4, -0.2) is 79.0 Å². The number of hydrogen-bond donors (Lipinski definition) is 3. The number of hydrogen-bond acceptors (Lipinski definition) is 7. The second kappa shape index (κ2) is 7.70. The molecule has 1 saturated carbocycles. The smallest absolute Gasteiger partial charge is 0.385 e. The van der Waals surface area contributed by atoms with Gasteiger partial charge in [0.2, 0.25) is 5.91 Å². The van der Waals surface area contributed by atoms with Crippen LogP contribution in [0, 0.1) is 0 Å². The fraction of sp³-hybridized carbons (Fsp3) is 0.786. The lowest BCUT2D eigenvalue weighted by atomic mass is 10.0. The van der Waals surface area contributed by atoms with E-state index < -0.39 is 49.8 Å². The molecule has 0 spiro atoms. The highest BCUT2D eigenvalue weighted by Gasteiger charge is 2.49. The summed E-state index contributed by atoms with van der Waals surface area (Å²) in [5.41, 5.74) is 5.93. The molecule has 29 heavy (non-hydrogen) atoms. The van der Waals surface area contributed by atoms with Gasteiger partial charge in [-0.05, 0) is 32.1 Å². The SMILES string of the molecule is CC(=O)NC1CCCC1S(=O)(=O)N=C(N)C1CCC2CN1C(=O)N2OS(=O)(=O)O. The van der Waals surface area contributed by atoms with Crippen molar-refractivity contribution < 1.29 is 35.3 Å². The highest BCUT2D eigenvalue weighted by atomic mass is 32.3. The normalized spacial score (nSPS) is 30.7. The second-order valence-electron chi connectivity index (χ2n) is 7.32. The molecule has 4 unspecified atom stereocenters. The maximum atomic E-state index is 12.7. The minimum atomic E-state index is -4.89. The number of urea groups is 1.